The number of aryl methyl sites for hydroxylation is 1. The molecule has 1 aromatic rings. The van der Waals surface area contributed by atoms with Gasteiger partial charge in [0.1, 0.15) is 21.6 Å². The summed E-state index contributed by atoms with van der Waals surface area (Å²) in [5.41, 5.74) is 2.55. The van der Waals surface area contributed by atoms with Gasteiger partial charge < -0.3 is 14.8 Å². The molecule has 0 atom stereocenters. The van der Waals surface area contributed by atoms with Crippen molar-refractivity contribution in [2.45, 2.75) is 77.5 Å². The molecule has 0 saturated heterocycles. The monoisotopic (exact) mass is 418 g/mol. The van der Waals surface area contributed by atoms with Crippen LogP contribution in [0, 0.1) is 0 Å². The maximum atomic E-state index is 11.7. The van der Waals surface area contributed by atoms with Crippen molar-refractivity contribution in [3.63, 3.8) is 0 Å². The first-order chi connectivity index (χ1) is 12.6. The van der Waals surface area contributed by atoms with Crippen molar-refractivity contribution in [1.82, 2.24) is 0 Å². The van der Waals surface area contributed by atoms with Crippen LogP contribution in [0.2, 0.25) is 0 Å². The number of rotatable bonds is 10. The quantitative estimate of drug-likeness (QED) is 0.262. The summed E-state index contributed by atoms with van der Waals surface area (Å²) in [4.78, 5) is -0.595. The van der Waals surface area contributed by atoms with Gasteiger partial charge in [0.05, 0.1) is 4.90 Å². The van der Waals surface area contributed by atoms with Crippen LogP contribution in [0.1, 0.15) is 70.9 Å². The molecular weight excluding hydrogens is 387 g/mol. The van der Waals surface area contributed by atoms with Gasteiger partial charge >= 0.3 is 29.6 Å². The van der Waals surface area contributed by atoms with Crippen LogP contribution in [0.4, 0.5) is 0 Å². The second-order valence-corrected chi connectivity index (χ2v) is 8.51. The van der Waals surface area contributed by atoms with Gasteiger partial charge in [0, 0.05) is 5.56 Å². The number of phenols is 2. The smallest absolute Gasteiger partial charge is 0.744 e. The first-order valence-electron chi connectivity index (χ1n) is 9.39. The van der Waals surface area contributed by atoms with Gasteiger partial charge in [0.15, 0.2) is 0 Å². The molecule has 0 aromatic heterocycles. The fourth-order valence-electron chi connectivity index (χ4n) is 2.93. The standard InChI is InChI=1S/C21H32O5S.Na/c1-5-6-7-11-17-14-19(22)18(20(23)21(17)27(24,25)26)13-12-16(4)10-8-9-15(2)3;/h9,12,14,22-23H,5-8,10-11,13H2,1-4H3,(H,24,25,26);/q;+1/p-1/b16-12+;. The Kier molecular flexibility index (Phi) is 12.3. The van der Waals surface area contributed by atoms with Gasteiger partial charge in [0.2, 0.25) is 0 Å². The van der Waals surface area contributed by atoms with Crippen LogP contribution in [0.25, 0.3) is 0 Å². The Balaban J connectivity index is 0.00000729. The van der Waals surface area contributed by atoms with Crippen LogP contribution in [-0.4, -0.2) is 23.2 Å². The number of hydrogen-bond acceptors (Lipinski definition) is 5. The number of aromatic hydroxyl groups is 2. The molecule has 0 fully saturated rings. The van der Waals surface area contributed by atoms with Crippen molar-refractivity contribution >= 4 is 10.1 Å². The molecule has 0 aliphatic carbocycles. The number of phenolic OH excluding ortho intramolecular Hbond substituents is 2. The molecule has 0 bridgehead atoms. The van der Waals surface area contributed by atoms with Crippen molar-refractivity contribution in [2.75, 3.05) is 0 Å². The minimum Gasteiger partial charge on any atom is -0.744 e. The molecule has 0 heterocycles. The Hall–Kier alpha value is -0.790. The van der Waals surface area contributed by atoms with Gasteiger partial charge in [-0.15, -0.1) is 0 Å². The molecule has 2 N–H and O–H groups in total. The minimum absolute atomic E-state index is 0. The molecule has 0 saturated carbocycles. The summed E-state index contributed by atoms with van der Waals surface area (Å²) in [5.74, 6) is -0.801. The van der Waals surface area contributed by atoms with E-state index in [0.29, 0.717) is 12.8 Å². The largest absolute Gasteiger partial charge is 1.00 e. The summed E-state index contributed by atoms with van der Waals surface area (Å²) in [6.45, 7) is 8.01. The molecular formula is C21H31NaO5S. The van der Waals surface area contributed by atoms with Crippen molar-refractivity contribution in [3.8, 4) is 11.5 Å². The van der Waals surface area contributed by atoms with Gasteiger partial charge in [-0.05, 0) is 64.5 Å². The summed E-state index contributed by atoms with van der Waals surface area (Å²) in [6, 6.07) is 1.31. The SMILES string of the molecule is CCCCCc1cc(O)c(C/C=C(\C)CCC=C(C)C)c(O)c1S(=O)(=O)[O-].[Na+]. The fourth-order valence-corrected chi connectivity index (χ4v) is 3.77. The van der Waals surface area contributed by atoms with Gasteiger partial charge in [-0.2, -0.15) is 0 Å². The zero-order valence-corrected chi connectivity index (χ0v) is 20.5. The Morgan fingerprint density at radius 2 is 1.79 bits per heavy atom. The fraction of sp³-hybridized carbons (Fsp3) is 0.524. The number of benzene rings is 1. The third-order valence-corrected chi connectivity index (χ3v) is 5.41. The molecule has 152 valence electrons. The third kappa shape index (κ3) is 8.70. The summed E-state index contributed by atoms with van der Waals surface area (Å²) in [7, 11) is -4.84. The van der Waals surface area contributed by atoms with E-state index in [9.17, 15) is 23.2 Å². The predicted molar refractivity (Wildman–Crippen MR) is 107 cm³/mol. The maximum absolute atomic E-state index is 11.7. The van der Waals surface area contributed by atoms with Gasteiger partial charge in [-0.3, -0.25) is 0 Å². The zero-order valence-electron chi connectivity index (χ0n) is 17.7. The third-order valence-electron chi connectivity index (χ3n) is 4.46. The maximum Gasteiger partial charge on any atom is 1.00 e. The molecule has 7 heteroatoms. The van der Waals surface area contributed by atoms with Gasteiger partial charge in [0.25, 0.3) is 0 Å². The Morgan fingerprint density at radius 1 is 1.14 bits per heavy atom. The van der Waals surface area contributed by atoms with E-state index in [0.717, 1.165) is 31.3 Å². The number of allylic oxidation sites excluding steroid dienone is 4. The first kappa shape index (κ1) is 27.2. The Morgan fingerprint density at radius 3 is 2.32 bits per heavy atom. The van der Waals surface area contributed by atoms with Crippen LogP contribution in [0.15, 0.2) is 34.3 Å². The average Bonchev–Trinajstić information content (AvgIpc) is 2.52. The van der Waals surface area contributed by atoms with E-state index in [4.69, 9.17) is 0 Å². The Bertz CT molecular complexity index is 807. The van der Waals surface area contributed by atoms with E-state index in [1.807, 2.05) is 33.8 Å². The van der Waals surface area contributed by atoms with E-state index in [1.165, 1.54) is 11.6 Å². The minimum atomic E-state index is -4.84. The summed E-state index contributed by atoms with van der Waals surface area (Å²) in [5, 5.41) is 20.7. The topological polar surface area (TPSA) is 97.7 Å². The van der Waals surface area contributed by atoms with Crippen LogP contribution >= 0.6 is 0 Å². The average molecular weight is 419 g/mol. The second kappa shape index (κ2) is 12.7. The van der Waals surface area contributed by atoms with Crippen molar-refractivity contribution in [1.29, 1.82) is 0 Å². The van der Waals surface area contributed by atoms with Gasteiger partial charge in [-0.25, -0.2) is 8.42 Å². The van der Waals surface area contributed by atoms with Crippen molar-refractivity contribution < 1.29 is 52.7 Å². The van der Waals surface area contributed by atoms with Crippen LogP contribution in [0.3, 0.4) is 0 Å². The first-order valence-corrected chi connectivity index (χ1v) is 10.8. The molecule has 0 unspecified atom stereocenters. The summed E-state index contributed by atoms with van der Waals surface area (Å²) < 4.78 is 35.1. The normalized spacial score (nSPS) is 11.8. The van der Waals surface area contributed by atoms with E-state index >= 15 is 0 Å². The van der Waals surface area contributed by atoms with E-state index < -0.39 is 20.8 Å². The molecule has 1 rings (SSSR count). The molecule has 5 nitrogen and oxygen atoms in total. The van der Waals surface area contributed by atoms with Crippen LogP contribution < -0.4 is 29.6 Å². The van der Waals surface area contributed by atoms with Crippen LogP contribution in [-0.2, 0) is 23.0 Å². The molecule has 0 aliphatic heterocycles. The van der Waals surface area contributed by atoms with E-state index in [1.54, 1.807) is 0 Å². The van der Waals surface area contributed by atoms with Crippen molar-refractivity contribution in [3.05, 3.63) is 40.5 Å². The van der Waals surface area contributed by atoms with E-state index in [2.05, 4.69) is 6.08 Å². The molecule has 1 aromatic carbocycles. The van der Waals surface area contributed by atoms with Gasteiger partial charge in [-0.1, -0.05) is 43.1 Å². The molecule has 0 amide bonds. The predicted octanol–water partition coefficient (Wildman–Crippen LogP) is 1.97. The zero-order chi connectivity index (χ0) is 20.6. The summed E-state index contributed by atoms with van der Waals surface area (Å²) in [6.07, 6.45) is 8.65. The second-order valence-electron chi connectivity index (χ2n) is 7.20. The number of hydrogen-bond donors (Lipinski definition) is 2. The van der Waals surface area contributed by atoms with E-state index in [-0.39, 0.29) is 52.9 Å². The van der Waals surface area contributed by atoms with Crippen LogP contribution in [0.5, 0.6) is 11.5 Å². The molecule has 0 spiro atoms. The molecule has 28 heavy (non-hydrogen) atoms. The summed E-state index contributed by atoms with van der Waals surface area (Å²) >= 11 is 0. The number of unbranched alkanes of at least 4 members (excludes halogenated alkanes) is 2. The Labute approximate surface area is 191 Å². The van der Waals surface area contributed by atoms with Crippen molar-refractivity contribution in [2.24, 2.45) is 0 Å². The molecule has 0 aliphatic rings. The molecule has 0 radical (unpaired) electrons.